The lowest BCUT2D eigenvalue weighted by atomic mass is 9.76. The number of carbonyl (C=O) groups excluding carboxylic acids is 1. The molecule has 1 N–H and O–H groups in total. The largest absolute Gasteiger partial charge is 0.315 e. The zero-order valence-corrected chi connectivity index (χ0v) is 9.99. The Morgan fingerprint density at radius 1 is 1.31 bits per heavy atom. The van der Waals surface area contributed by atoms with Gasteiger partial charge in [-0.05, 0) is 12.0 Å². The number of benzene rings is 1. The molecule has 1 fully saturated rings. The fourth-order valence-corrected chi connectivity index (χ4v) is 2.35. The molecule has 0 saturated carbocycles. The third kappa shape index (κ3) is 2.33. The van der Waals surface area contributed by atoms with Gasteiger partial charge in [0.1, 0.15) is 5.78 Å². The molecule has 1 atom stereocenters. The van der Waals surface area contributed by atoms with Crippen LogP contribution in [0.2, 0.25) is 0 Å². The number of hydrogen-bond acceptors (Lipinski definition) is 2. The second-order valence-corrected chi connectivity index (χ2v) is 5.27. The monoisotopic (exact) mass is 217 g/mol. The maximum atomic E-state index is 12.2. The molecule has 1 aliphatic rings. The normalized spacial score (nSPS) is 24.4. The Morgan fingerprint density at radius 3 is 2.69 bits per heavy atom. The lowest BCUT2D eigenvalue weighted by Gasteiger charge is -2.34. The molecule has 1 aromatic rings. The molecule has 1 aliphatic heterocycles. The molecule has 0 aromatic heterocycles. The summed E-state index contributed by atoms with van der Waals surface area (Å²) in [5.41, 5.74) is 1.04. The molecule has 1 aromatic carbocycles. The summed E-state index contributed by atoms with van der Waals surface area (Å²) in [6, 6.07) is 10.3. The smallest absolute Gasteiger partial charge is 0.144 e. The van der Waals surface area contributed by atoms with Crippen LogP contribution in [0.4, 0.5) is 0 Å². The summed E-state index contributed by atoms with van der Waals surface area (Å²) < 4.78 is 0. The van der Waals surface area contributed by atoms with Gasteiger partial charge < -0.3 is 5.32 Å². The molecule has 1 saturated heterocycles. The minimum Gasteiger partial charge on any atom is -0.315 e. The Hall–Kier alpha value is -1.15. The van der Waals surface area contributed by atoms with E-state index in [2.05, 4.69) is 17.4 Å². The maximum absolute atomic E-state index is 12.2. The van der Waals surface area contributed by atoms with Crippen molar-refractivity contribution >= 4 is 5.78 Å². The Bertz CT molecular complexity index is 370. The first-order chi connectivity index (χ1) is 7.59. The Morgan fingerprint density at radius 2 is 2.00 bits per heavy atom. The minimum absolute atomic E-state index is 0.131. The zero-order chi connectivity index (χ0) is 11.6. The molecule has 0 spiro atoms. The summed E-state index contributed by atoms with van der Waals surface area (Å²) in [5, 5.41) is 3.35. The van der Waals surface area contributed by atoms with Gasteiger partial charge in [0.05, 0.1) is 0 Å². The van der Waals surface area contributed by atoms with Crippen LogP contribution < -0.4 is 5.32 Å². The molecule has 1 unspecified atom stereocenters. The van der Waals surface area contributed by atoms with Crippen molar-refractivity contribution in [1.29, 1.82) is 0 Å². The van der Waals surface area contributed by atoms with Gasteiger partial charge in [-0.3, -0.25) is 4.79 Å². The van der Waals surface area contributed by atoms with E-state index in [0.29, 0.717) is 5.78 Å². The highest BCUT2D eigenvalue weighted by Crippen LogP contribution is 2.26. The summed E-state index contributed by atoms with van der Waals surface area (Å²) >= 11 is 0. The highest BCUT2D eigenvalue weighted by Gasteiger charge is 2.36. The van der Waals surface area contributed by atoms with Crippen LogP contribution in [-0.2, 0) is 11.2 Å². The topological polar surface area (TPSA) is 29.1 Å². The van der Waals surface area contributed by atoms with Gasteiger partial charge in [0, 0.05) is 24.4 Å². The van der Waals surface area contributed by atoms with Crippen molar-refractivity contribution in [2.75, 3.05) is 13.1 Å². The summed E-state index contributed by atoms with van der Waals surface area (Å²) in [6.45, 7) is 5.67. The Labute approximate surface area is 97.1 Å². The first-order valence-corrected chi connectivity index (χ1v) is 5.88. The van der Waals surface area contributed by atoms with Gasteiger partial charge in [0.25, 0.3) is 0 Å². The Balaban J connectivity index is 2.08. The molecule has 0 radical (unpaired) electrons. The predicted molar refractivity (Wildman–Crippen MR) is 65.3 cm³/mol. The summed E-state index contributed by atoms with van der Waals surface area (Å²) in [7, 11) is 0. The SMILES string of the molecule is CC1(C)CNCC(Cc2ccccc2)C1=O. The second-order valence-electron chi connectivity index (χ2n) is 5.27. The van der Waals surface area contributed by atoms with Crippen LogP contribution >= 0.6 is 0 Å². The van der Waals surface area contributed by atoms with Crippen molar-refractivity contribution < 1.29 is 4.79 Å². The highest BCUT2D eigenvalue weighted by atomic mass is 16.1. The van der Waals surface area contributed by atoms with Crippen molar-refractivity contribution in [2.45, 2.75) is 20.3 Å². The molecule has 0 bridgehead atoms. The van der Waals surface area contributed by atoms with Crippen LogP contribution in [0.5, 0.6) is 0 Å². The quantitative estimate of drug-likeness (QED) is 0.821. The molecular weight excluding hydrogens is 198 g/mol. The average molecular weight is 217 g/mol. The van der Waals surface area contributed by atoms with E-state index < -0.39 is 0 Å². The van der Waals surface area contributed by atoms with Crippen LogP contribution in [-0.4, -0.2) is 18.9 Å². The van der Waals surface area contributed by atoms with Gasteiger partial charge in [-0.2, -0.15) is 0 Å². The van der Waals surface area contributed by atoms with E-state index in [-0.39, 0.29) is 11.3 Å². The lowest BCUT2D eigenvalue weighted by Crippen LogP contribution is -2.49. The molecule has 86 valence electrons. The molecular formula is C14H19NO. The molecule has 1 heterocycles. The highest BCUT2D eigenvalue weighted by molar-refractivity contribution is 5.87. The van der Waals surface area contributed by atoms with E-state index >= 15 is 0 Å². The predicted octanol–water partition coefficient (Wildman–Crippen LogP) is 2.04. The number of nitrogens with one attached hydrogen (secondary N) is 1. The van der Waals surface area contributed by atoms with Crippen molar-refractivity contribution in [2.24, 2.45) is 11.3 Å². The van der Waals surface area contributed by atoms with Gasteiger partial charge in [0.15, 0.2) is 0 Å². The van der Waals surface area contributed by atoms with Crippen LogP contribution in [0.3, 0.4) is 0 Å². The van der Waals surface area contributed by atoms with Crippen molar-refractivity contribution in [3.8, 4) is 0 Å². The molecule has 0 aliphatic carbocycles. The van der Waals surface area contributed by atoms with Gasteiger partial charge in [0.2, 0.25) is 0 Å². The van der Waals surface area contributed by atoms with E-state index in [0.717, 1.165) is 19.5 Å². The van der Waals surface area contributed by atoms with Gasteiger partial charge in [-0.15, -0.1) is 0 Å². The van der Waals surface area contributed by atoms with E-state index in [1.807, 2.05) is 32.0 Å². The van der Waals surface area contributed by atoms with Gasteiger partial charge >= 0.3 is 0 Å². The molecule has 16 heavy (non-hydrogen) atoms. The van der Waals surface area contributed by atoms with E-state index in [1.165, 1.54) is 5.56 Å². The fraction of sp³-hybridized carbons (Fsp3) is 0.500. The fourth-order valence-electron chi connectivity index (χ4n) is 2.35. The lowest BCUT2D eigenvalue weighted by molar-refractivity contribution is -0.133. The van der Waals surface area contributed by atoms with E-state index in [4.69, 9.17) is 0 Å². The third-order valence-corrected chi connectivity index (χ3v) is 3.32. The second kappa shape index (κ2) is 4.38. The van der Waals surface area contributed by atoms with E-state index in [9.17, 15) is 4.79 Å². The van der Waals surface area contributed by atoms with Crippen LogP contribution in [0.15, 0.2) is 30.3 Å². The van der Waals surface area contributed by atoms with Gasteiger partial charge in [-0.25, -0.2) is 0 Å². The number of Topliss-reactive ketones (excluding diaryl/α,β-unsaturated/α-hetero) is 1. The first kappa shape index (κ1) is 11.3. The van der Waals surface area contributed by atoms with Crippen molar-refractivity contribution in [1.82, 2.24) is 5.32 Å². The number of ketones is 1. The first-order valence-electron chi connectivity index (χ1n) is 5.88. The number of piperidine rings is 1. The number of hydrogen-bond donors (Lipinski definition) is 1. The van der Waals surface area contributed by atoms with Crippen LogP contribution in [0, 0.1) is 11.3 Å². The van der Waals surface area contributed by atoms with E-state index in [1.54, 1.807) is 0 Å². The minimum atomic E-state index is -0.211. The third-order valence-electron chi connectivity index (χ3n) is 3.32. The van der Waals surface area contributed by atoms with Crippen LogP contribution in [0.1, 0.15) is 19.4 Å². The molecule has 2 heteroatoms. The maximum Gasteiger partial charge on any atom is 0.144 e. The molecule has 2 rings (SSSR count). The standard InChI is InChI=1S/C14H19NO/c1-14(2)10-15-9-12(13(14)16)8-11-6-4-3-5-7-11/h3-7,12,15H,8-10H2,1-2H3. The average Bonchev–Trinajstić information content (AvgIpc) is 2.26. The number of rotatable bonds is 2. The zero-order valence-electron chi connectivity index (χ0n) is 9.99. The molecule has 2 nitrogen and oxygen atoms in total. The van der Waals surface area contributed by atoms with Crippen molar-refractivity contribution in [3.63, 3.8) is 0 Å². The summed E-state index contributed by atoms with van der Waals surface area (Å²) in [4.78, 5) is 12.2. The summed E-state index contributed by atoms with van der Waals surface area (Å²) in [6.07, 6.45) is 0.857. The molecule has 0 amide bonds. The van der Waals surface area contributed by atoms with Gasteiger partial charge in [-0.1, -0.05) is 44.2 Å². The summed E-state index contributed by atoms with van der Waals surface area (Å²) in [5.74, 6) is 0.529. The van der Waals surface area contributed by atoms with Crippen molar-refractivity contribution in [3.05, 3.63) is 35.9 Å². The van der Waals surface area contributed by atoms with Crippen LogP contribution in [0.25, 0.3) is 0 Å². The Kier molecular flexibility index (Phi) is 3.10. The number of carbonyl (C=O) groups is 1.